The van der Waals surface area contributed by atoms with Crippen LogP contribution >= 0.6 is 0 Å². The monoisotopic (exact) mass is 128 g/mol. The molecule has 2 aliphatic heterocycles. The lowest BCUT2D eigenvalue weighted by Crippen LogP contribution is -2.26. The van der Waals surface area contributed by atoms with Gasteiger partial charge >= 0.3 is 5.97 Å². The van der Waals surface area contributed by atoms with E-state index in [4.69, 9.17) is 9.47 Å². The predicted octanol–water partition coefficient (Wildman–Crippen LogP) is 0.440. The van der Waals surface area contributed by atoms with Crippen molar-refractivity contribution < 1.29 is 14.3 Å². The van der Waals surface area contributed by atoms with Gasteiger partial charge in [-0.2, -0.15) is 0 Å². The number of hydrogen-bond acceptors (Lipinski definition) is 3. The molecule has 0 aromatic carbocycles. The third-order valence-electron chi connectivity index (χ3n) is 1.70. The third-order valence-corrected chi connectivity index (χ3v) is 1.70. The summed E-state index contributed by atoms with van der Waals surface area (Å²) >= 11 is 0. The third kappa shape index (κ3) is 0.812. The van der Waals surface area contributed by atoms with Gasteiger partial charge in [-0.1, -0.05) is 0 Å². The molecule has 0 aromatic rings. The van der Waals surface area contributed by atoms with Crippen LogP contribution in [0.2, 0.25) is 0 Å². The van der Waals surface area contributed by atoms with Gasteiger partial charge in [-0.3, -0.25) is 4.79 Å². The Balaban J connectivity index is 2.04. The number of rotatable bonds is 0. The smallest absolute Gasteiger partial charge is 0.308 e. The zero-order valence-electron chi connectivity index (χ0n) is 5.05. The Bertz CT molecular complexity index is 148. The molecule has 0 amide bonds. The van der Waals surface area contributed by atoms with Crippen molar-refractivity contribution in [2.45, 2.75) is 25.0 Å². The summed E-state index contributed by atoms with van der Waals surface area (Å²) in [5.41, 5.74) is 0. The second kappa shape index (κ2) is 1.48. The van der Waals surface area contributed by atoms with Crippen LogP contribution in [0.15, 0.2) is 0 Å². The van der Waals surface area contributed by atoms with Crippen LogP contribution in [-0.2, 0) is 14.3 Å². The van der Waals surface area contributed by atoms with E-state index in [9.17, 15) is 4.79 Å². The molecule has 2 aliphatic rings. The molecule has 0 radical (unpaired) electrons. The Morgan fingerprint density at radius 2 is 2.33 bits per heavy atom. The first-order chi connectivity index (χ1) is 4.31. The molecule has 1 unspecified atom stereocenters. The molecule has 3 nitrogen and oxygen atoms in total. The first kappa shape index (κ1) is 5.23. The summed E-state index contributed by atoms with van der Waals surface area (Å²) in [5.74, 6) is -0.561. The van der Waals surface area contributed by atoms with Crippen molar-refractivity contribution in [1.82, 2.24) is 0 Å². The molecule has 0 bridgehead atoms. The lowest BCUT2D eigenvalue weighted by molar-refractivity contribution is -0.165. The molecule has 9 heavy (non-hydrogen) atoms. The SMILES string of the molecule is O=C1CCCC2(CO2)O1. The van der Waals surface area contributed by atoms with Gasteiger partial charge in [0, 0.05) is 12.8 Å². The molecule has 2 saturated heterocycles. The molecule has 1 spiro atoms. The maximum atomic E-state index is 10.6. The number of esters is 1. The Hall–Kier alpha value is -0.570. The summed E-state index contributed by atoms with van der Waals surface area (Å²) in [7, 11) is 0. The number of hydrogen-bond donors (Lipinski definition) is 0. The van der Waals surface area contributed by atoms with Crippen LogP contribution in [-0.4, -0.2) is 18.4 Å². The highest BCUT2D eigenvalue weighted by molar-refractivity contribution is 5.70. The number of epoxide rings is 1. The van der Waals surface area contributed by atoms with Crippen LogP contribution < -0.4 is 0 Å². The highest BCUT2D eigenvalue weighted by Gasteiger charge is 2.50. The van der Waals surface area contributed by atoms with E-state index in [1.54, 1.807) is 0 Å². The van der Waals surface area contributed by atoms with Gasteiger partial charge < -0.3 is 9.47 Å². The van der Waals surface area contributed by atoms with Gasteiger partial charge in [-0.25, -0.2) is 0 Å². The molecule has 2 heterocycles. The molecular weight excluding hydrogens is 120 g/mol. The molecule has 2 rings (SSSR count). The molecular formula is C6H8O3. The number of ether oxygens (including phenoxy) is 2. The van der Waals surface area contributed by atoms with E-state index in [1.165, 1.54) is 0 Å². The summed E-state index contributed by atoms with van der Waals surface area (Å²) in [6.07, 6.45) is 2.36. The normalized spacial score (nSPS) is 40.7. The Morgan fingerprint density at radius 1 is 1.56 bits per heavy atom. The zero-order valence-corrected chi connectivity index (χ0v) is 5.05. The van der Waals surface area contributed by atoms with Crippen molar-refractivity contribution in [3.05, 3.63) is 0 Å². The summed E-state index contributed by atoms with van der Waals surface area (Å²) in [4.78, 5) is 10.6. The number of carbonyl (C=O) groups excluding carboxylic acids is 1. The second-order valence-corrected chi connectivity index (χ2v) is 2.53. The standard InChI is InChI=1S/C6H8O3/c7-5-2-1-3-6(9-5)4-8-6/h1-4H2. The van der Waals surface area contributed by atoms with Gasteiger partial charge in [-0.15, -0.1) is 0 Å². The van der Waals surface area contributed by atoms with E-state index in [-0.39, 0.29) is 5.97 Å². The molecule has 1 atom stereocenters. The van der Waals surface area contributed by atoms with Crippen molar-refractivity contribution in [3.8, 4) is 0 Å². The van der Waals surface area contributed by atoms with Crippen LogP contribution in [0.1, 0.15) is 19.3 Å². The van der Waals surface area contributed by atoms with E-state index in [2.05, 4.69) is 0 Å². The average molecular weight is 128 g/mol. The Morgan fingerprint density at radius 3 is 2.78 bits per heavy atom. The lowest BCUT2D eigenvalue weighted by atomic mass is 10.1. The summed E-state index contributed by atoms with van der Waals surface area (Å²) in [6, 6.07) is 0. The highest BCUT2D eigenvalue weighted by Crippen LogP contribution is 2.37. The van der Waals surface area contributed by atoms with Crippen molar-refractivity contribution in [1.29, 1.82) is 0 Å². The predicted molar refractivity (Wildman–Crippen MR) is 28.6 cm³/mol. The van der Waals surface area contributed by atoms with Crippen molar-refractivity contribution in [2.75, 3.05) is 6.61 Å². The fourth-order valence-corrected chi connectivity index (χ4v) is 1.10. The van der Waals surface area contributed by atoms with Crippen LogP contribution in [0.4, 0.5) is 0 Å². The summed E-state index contributed by atoms with van der Waals surface area (Å²) in [5, 5.41) is 0. The van der Waals surface area contributed by atoms with Crippen LogP contribution in [0.5, 0.6) is 0 Å². The molecule has 0 saturated carbocycles. The molecule has 2 fully saturated rings. The van der Waals surface area contributed by atoms with Crippen LogP contribution in [0.3, 0.4) is 0 Å². The summed E-state index contributed by atoms with van der Waals surface area (Å²) in [6.45, 7) is 0.610. The zero-order chi connectivity index (χ0) is 6.32. The minimum atomic E-state index is -0.449. The minimum absolute atomic E-state index is 0.112. The van der Waals surface area contributed by atoms with Gasteiger partial charge in [-0.05, 0) is 6.42 Å². The summed E-state index contributed by atoms with van der Waals surface area (Å²) < 4.78 is 9.89. The molecule has 0 aromatic heterocycles. The average Bonchev–Trinajstić information content (AvgIpc) is 2.49. The van der Waals surface area contributed by atoms with E-state index in [0.29, 0.717) is 13.0 Å². The first-order valence-electron chi connectivity index (χ1n) is 3.17. The molecule has 0 N–H and O–H groups in total. The van der Waals surface area contributed by atoms with Gasteiger partial charge in [0.15, 0.2) is 0 Å². The van der Waals surface area contributed by atoms with E-state index < -0.39 is 5.79 Å². The van der Waals surface area contributed by atoms with Gasteiger partial charge in [0.25, 0.3) is 0 Å². The molecule has 0 aliphatic carbocycles. The van der Waals surface area contributed by atoms with Gasteiger partial charge in [0.2, 0.25) is 5.79 Å². The highest BCUT2D eigenvalue weighted by atomic mass is 16.8. The van der Waals surface area contributed by atoms with Crippen molar-refractivity contribution >= 4 is 5.97 Å². The van der Waals surface area contributed by atoms with Crippen molar-refractivity contribution in [3.63, 3.8) is 0 Å². The molecule has 3 heteroatoms. The topological polar surface area (TPSA) is 38.8 Å². The van der Waals surface area contributed by atoms with Gasteiger partial charge in [0.1, 0.15) is 6.61 Å². The Labute approximate surface area is 52.9 Å². The Kier molecular flexibility index (Phi) is 0.858. The van der Waals surface area contributed by atoms with Gasteiger partial charge in [0.05, 0.1) is 0 Å². The lowest BCUT2D eigenvalue weighted by Gasteiger charge is -2.17. The fraction of sp³-hybridized carbons (Fsp3) is 0.833. The maximum absolute atomic E-state index is 10.6. The number of carbonyl (C=O) groups is 1. The fourth-order valence-electron chi connectivity index (χ4n) is 1.10. The van der Waals surface area contributed by atoms with Crippen molar-refractivity contribution in [2.24, 2.45) is 0 Å². The van der Waals surface area contributed by atoms with E-state index in [1.807, 2.05) is 0 Å². The maximum Gasteiger partial charge on any atom is 0.308 e. The quantitative estimate of drug-likeness (QED) is 0.351. The largest absolute Gasteiger partial charge is 0.430 e. The second-order valence-electron chi connectivity index (χ2n) is 2.53. The first-order valence-corrected chi connectivity index (χ1v) is 3.17. The molecule has 50 valence electrons. The van der Waals surface area contributed by atoms with Crippen LogP contribution in [0.25, 0.3) is 0 Å². The van der Waals surface area contributed by atoms with E-state index in [0.717, 1.165) is 12.8 Å². The van der Waals surface area contributed by atoms with Crippen LogP contribution in [0, 0.1) is 0 Å². The minimum Gasteiger partial charge on any atom is -0.430 e. The van der Waals surface area contributed by atoms with E-state index >= 15 is 0 Å².